The van der Waals surface area contributed by atoms with Crippen molar-refractivity contribution in [2.24, 2.45) is 0 Å². The first kappa shape index (κ1) is 25.0. The van der Waals surface area contributed by atoms with Crippen molar-refractivity contribution in [1.82, 2.24) is 5.16 Å². The van der Waals surface area contributed by atoms with E-state index in [1.165, 1.54) is 5.56 Å². The molecule has 5 rings (SSSR count). The van der Waals surface area contributed by atoms with Crippen molar-refractivity contribution in [2.45, 2.75) is 63.4 Å². The summed E-state index contributed by atoms with van der Waals surface area (Å²) in [5.74, 6) is -0.145. The third kappa shape index (κ3) is 5.09. The van der Waals surface area contributed by atoms with E-state index in [0.717, 1.165) is 40.7 Å². The molecule has 0 aliphatic heterocycles. The highest BCUT2D eigenvalue weighted by Crippen LogP contribution is 2.51. The van der Waals surface area contributed by atoms with E-state index < -0.39 is 12.1 Å². The molecule has 0 saturated heterocycles. The highest BCUT2D eigenvalue weighted by Gasteiger charge is 2.45. The van der Waals surface area contributed by atoms with Crippen LogP contribution in [0.1, 0.15) is 68.0 Å². The van der Waals surface area contributed by atoms with Crippen LogP contribution in [0.4, 0.5) is 0 Å². The van der Waals surface area contributed by atoms with Crippen molar-refractivity contribution < 1.29 is 19.5 Å². The number of nitrogens with zero attached hydrogens (tertiary/aromatic N) is 1. The normalized spacial score (nSPS) is 15.4. The van der Waals surface area contributed by atoms with E-state index in [0.29, 0.717) is 17.9 Å². The average molecular weight is 496 g/mol. The molecular weight excluding hydrogens is 462 g/mol. The molecule has 3 aromatic carbocycles. The van der Waals surface area contributed by atoms with Crippen LogP contribution < -0.4 is 0 Å². The van der Waals surface area contributed by atoms with Gasteiger partial charge in [0, 0.05) is 11.0 Å². The second-order valence-electron chi connectivity index (χ2n) is 11.0. The second kappa shape index (κ2) is 9.64. The van der Waals surface area contributed by atoms with E-state index >= 15 is 0 Å². The van der Waals surface area contributed by atoms with Gasteiger partial charge in [-0.3, -0.25) is 4.79 Å². The zero-order valence-corrected chi connectivity index (χ0v) is 21.6. The minimum atomic E-state index is -0.743. The van der Waals surface area contributed by atoms with Crippen molar-refractivity contribution in [3.05, 3.63) is 101 Å². The molecule has 1 unspecified atom stereocenters. The van der Waals surface area contributed by atoms with Gasteiger partial charge in [0.05, 0.1) is 23.8 Å². The average Bonchev–Trinajstić information content (AvgIpc) is 3.56. The summed E-state index contributed by atoms with van der Waals surface area (Å²) in [6, 6.07) is 26.5. The summed E-state index contributed by atoms with van der Waals surface area (Å²) in [4.78, 5) is 11.2. The Kier molecular flexibility index (Phi) is 6.50. The van der Waals surface area contributed by atoms with Gasteiger partial charge in [-0.15, -0.1) is 0 Å². The quantitative estimate of drug-likeness (QED) is 0.256. The Morgan fingerprint density at radius 3 is 2.08 bits per heavy atom. The molecule has 1 heterocycles. The monoisotopic (exact) mass is 495 g/mol. The van der Waals surface area contributed by atoms with Crippen LogP contribution in [0.2, 0.25) is 0 Å². The van der Waals surface area contributed by atoms with Crippen LogP contribution in [0.25, 0.3) is 22.5 Å². The zero-order chi connectivity index (χ0) is 26.2. The molecule has 0 bridgehead atoms. The number of aromatic nitrogens is 1. The molecular formula is C32H33NO4. The number of aliphatic hydroxyl groups excluding tert-OH is 1. The summed E-state index contributed by atoms with van der Waals surface area (Å²) in [5.41, 5.74) is 6.29. The van der Waals surface area contributed by atoms with Crippen LogP contribution >= 0.6 is 0 Å². The Labute approximate surface area is 217 Å². The minimum Gasteiger partial charge on any atom is -0.481 e. The van der Waals surface area contributed by atoms with Crippen molar-refractivity contribution >= 4 is 5.97 Å². The molecule has 1 aromatic heterocycles. The summed E-state index contributed by atoms with van der Waals surface area (Å²) >= 11 is 0. The van der Waals surface area contributed by atoms with Gasteiger partial charge in [-0.25, -0.2) is 0 Å². The molecule has 1 aliphatic carbocycles. The molecule has 1 saturated carbocycles. The number of aliphatic carboxylic acids is 1. The van der Waals surface area contributed by atoms with Gasteiger partial charge >= 0.3 is 5.97 Å². The van der Waals surface area contributed by atoms with Gasteiger partial charge in [0.25, 0.3) is 0 Å². The number of rotatable bonds is 9. The van der Waals surface area contributed by atoms with E-state index in [-0.39, 0.29) is 17.3 Å². The molecule has 37 heavy (non-hydrogen) atoms. The Balaban J connectivity index is 1.35. The highest BCUT2D eigenvalue weighted by atomic mass is 16.5. The van der Waals surface area contributed by atoms with Crippen molar-refractivity contribution in [1.29, 1.82) is 0 Å². The smallest absolute Gasteiger partial charge is 0.304 e. The fourth-order valence-electron chi connectivity index (χ4n) is 5.41. The predicted molar refractivity (Wildman–Crippen MR) is 144 cm³/mol. The van der Waals surface area contributed by atoms with Gasteiger partial charge in [-0.1, -0.05) is 97.9 Å². The molecule has 2 N–H and O–H groups in total. The van der Waals surface area contributed by atoms with Gasteiger partial charge in [0.15, 0.2) is 5.76 Å². The zero-order valence-electron chi connectivity index (χ0n) is 21.6. The third-order valence-electron chi connectivity index (χ3n) is 7.82. The fraction of sp³-hybridized carbons (Fsp3) is 0.312. The summed E-state index contributed by atoms with van der Waals surface area (Å²) in [5, 5.41) is 24.7. The van der Waals surface area contributed by atoms with E-state index in [1.807, 2.05) is 49.4 Å². The first-order valence-electron chi connectivity index (χ1n) is 12.8. The lowest BCUT2D eigenvalue weighted by Gasteiger charge is -2.28. The van der Waals surface area contributed by atoms with E-state index in [9.17, 15) is 15.0 Å². The van der Waals surface area contributed by atoms with Crippen LogP contribution in [-0.2, 0) is 15.6 Å². The summed E-state index contributed by atoms with van der Waals surface area (Å²) in [7, 11) is 0. The van der Waals surface area contributed by atoms with Gasteiger partial charge < -0.3 is 14.7 Å². The third-order valence-corrected chi connectivity index (χ3v) is 7.82. The summed E-state index contributed by atoms with van der Waals surface area (Å²) < 4.78 is 5.70. The first-order chi connectivity index (χ1) is 17.7. The molecule has 1 atom stereocenters. The van der Waals surface area contributed by atoms with E-state index in [2.05, 4.69) is 55.4 Å². The molecule has 5 heteroatoms. The highest BCUT2D eigenvalue weighted by molar-refractivity contribution is 5.72. The fourth-order valence-corrected chi connectivity index (χ4v) is 5.41. The molecule has 0 spiro atoms. The van der Waals surface area contributed by atoms with E-state index in [4.69, 9.17) is 4.52 Å². The van der Waals surface area contributed by atoms with Gasteiger partial charge in [0.1, 0.15) is 0 Å². The van der Waals surface area contributed by atoms with Crippen molar-refractivity contribution in [2.75, 3.05) is 0 Å². The molecule has 1 fully saturated rings. The van der Waals surface area contributed by atoms with E-state index in [1.54, 1.807) is 0 Å². The maximum atomic E-state index is 11.3. The number of carbonyl (C=O) groups is 1. The Bertz CT molecular complexity index is 1380. The summed E-state index contributed by atoms with van der Waals surface area (Å²) in [6.45, 7) is 6.15. The summed E-state index contributed by atoms with van der Waals surface area (Å²) in [6.07, 6.45) is 1.87. The molecule has 0 amide bonds. The number of carboxylic acid groups (broad SMARTS) is 1. The lowest BCUT2D eigenvalue weighted by atomic mass is 9.78. The number of hydrogen-bond donors (Lipinski definition) is 2. The van der Waals surface area contributed by atoms with Gasteiger partial charge in [0.2, 0.25) is 0 Å². The second-order valence-corrected chi connectivity index (χ2v) is 11.0. The minimum absolute atomic E-state index is 0.189. The van der Waals surface area contributed by atoms with Crippen LogP contribution in [0.5, 0.6) is 0 Å². The van der Waals surface area contributed by atoms with Gasteiger partial charge in [-0.2, -0.15) is 0 Å². The van der Waals surface area contributed by atoms with Crippen molar-refractivity contribution in [3.63, 3.8) is 0 Å². The lowest BCUT2D eigenvalue weighted by Crippen LogP contribution is -2.21. The maximum absolute atomic E-state index is 11.3. The SMILES string of the molecule is Cc1noc(-c2ccc(-c3ccc(C4(CC(=O)O)CC4)cc3)cc2)c1C(O)CC(C)(C)c1ccccc1. The van der Waals surface area contributed by atoms with Crippen molar-refractivity contribution in [3.8, 4) is 22.5 Å². The standard InChI is InChI=1S/C32H33NO4/c1-21-29(27(34)19-31(2,3)25-7-5-4-6-8-25)30(37-33-21)24-11-9-22(10-12-24)23-13-15-26(16-14-23)32(17-18-32)20-28(35)36/h4-16,27,34H,17-20H2,1-3H3,(H,35,36). The van der Waals surface area contributed by atoms with Gasteiger partial charge in [-0.05, 0) is 53.9 Å². The first-order valence-corrected chi connectivity index (χ1v) is 12.8. The number of aryl methyl sites for hydroxylation is 1. The largest absolute Gasteiger partial charge is 0.481 e. The Morgan fingerprint density at radius 1 is 0.946 bits per heavy atom. The van der Waals surface area contributed by atoms with Crippen LogP contribution in [0.15, 0.2) is 83.4 Å². The topological polar surface area (TPSA) is 83.6 Å². The number of benzene rings is 3. The lowest BCUT2D eigenvalue weighted by molar-refractivity contribution is -0.137. The Hall–Kier alpha value is -3.70. The molecule has 5 nitrogen and oxygen atoms in total. The maximum Gasteiger partial charge on any atom is 0.304 e. The van der Waals surface area contributed by atoms with Crippen LogP contribution in [0.3, 0.4) is 0 Å². The number of aliphatic hydroxyl groups is 1. The van der Waals surface area contributed by atoms with Crippen LogP contribution in [-0.4, -0.2) is 21.3 Å². The molecule has 0 radical (unpaired) electrons. The molecule has 1 aliphatic rings. The molecule has 4 aromatic rings. The number of carboxylic acids is 1. The Morgan fingerprint density at radius 2 is 1.51 bits per heavy atom. The van der Waals surface area contributed by atoms with Crippen LogP contribution in [0, 0.1) is 6.92 Å². The molecule has 190 valence electrons. The number of hydrogen-bond acceptors (Lipinski definition) is 4. The predicted octanol–water partition coefficient (Wildman–Crippen LogP) is 7.22.